The molecule has 30 heavy (non-hydrogen) atoms. The number of hydrogen-bond acceptors (Lipinski definition) is 8. The van der Waals surface area contributed by atoms with Crippen LogP contribution in [0.3, 0.4) is 0 Å². The van der Waals surface area contributed by atoms with Crippen LogP contribution >= 0.6 is 45.2 Å². The minimum atomic E-state index is -0.586. The highest BCUT2D eigenvalue weighted by molar-refractivity contribution is 14.1. The van der Waals surface area contributed by atoms with Crippen LogP contribution in [-0.2, 0) is 0 Å². The number of hydrogen-bond donors (Lipinski definition) is 8. The van der Waals surface area contributed by atoms with E-state index in [2.05, 4.69) is 0 Å². The van der Waals surface area contributed by atoms with Gasteiger partial charge in [0.25, 0.3) is 0 Å². The Labute approximate surface area is 195 Å². The van der Waals surface area contributed by atoms with Crippen molar-refractivity contribution in [2.45, 2.75) is 0 Å². The fraction of sp³-hybridized carbons (Fsp3) is 0. The van der Waals surface area contributed by atoms with Crippen LogP contribution in [0.1, 0.15) is 0 Å². The highest BCUT2D eigenvalue weighted by atomic mass is 127. The van der Waals surface area contributed by atoms with Crippen molar-refractivity contribution in [2.24, 2.45) is 0 Å². The van der Waals surface area contributed by atoms with E-state index in [9.17, 15) is 40.9 Å². The van der Waals surface area contributed by atoms with Crippen LogP contribution in [0, 0.1) is 7.14 Å². The Morgan fingerprint density at radius 2 is 0.733 bits per heavy atom. The van der Waals surface area contributed by atoms with Crippen molar-refractivity contribution >= 4 is 66.7 Å². The van der Waals surface area contributed by atoms with Gasteiger partial charge >= 0.3 is 0 Å². The Morgan fingerprint density at radius 1 is 0.400 bits per heavy atom. The van der Waals surface area contributed by atoms with E-state index < -0.39 is 46.0 Å². The first-order valence-electron chi connectivity index (χ1n) is 8.23. The summed E-state index contributed by atoms with van der Waals surface area (Å²) in [6.45, 7) is 0. The lowest BCUT2D eigenvalue weighted by molar-refractivity contribution is 0.401. The monoisotopic (exact) mass is 634 g/mol. The summed E-state index contributed by atoms with van der Waals surface area (Å²) in [6, 6.07) is 4.26. The van der Waals surface area contributed by atoms with Gasteiger partial charge in [0.05, 0.1) is 0 Å². The number of rotatable bonds is 1. The maximum Gasteiger partial charge on any atom is 0.166 e. The minimum Gasteiger partial charge on any atom is -0.507 e. The van der Waals surface area contributed by atoms with Gasteiger partial charge in [0.2, 0.25) is 0 Å². The van der Waals surface area contributed by atoms with Crippen LogP contribution in [0.15, 0.2) is 24.3 Å². The molecule has 154 valence electrons. The Morgan fingerprint density at radius 3 is 1.07 bits per heavy atom. The van der Waals surface area contributed by atoms with E-state index >= 15 is 0 Å². The molecule has 0 radical (unpaired) electrons. The first-order valence-corrected chi connectivity index (χ1v) is 10.4. The summed E-state index contributed by atoms with van der Waals surface area (Å²) in [7, 11) is 0. The zero-order chi connectivity index (χ0) is 22.1. The fourth-order valence-electron chi connectivity index (χ4n) is 3.55. The summed E-state index contributed by atoms with van der Waals surface area (Å²) in [5, 5.41) is 82.9. The molecule has 8 nitrogen and oxygen atoms in total. The molecule has 0 fully saturated rings. The first kappa shape index (κ1) is 20.5. The molecule has 0 heterocycles. The van der Waals surface area contributed by atoms with E-state index in [4.69, 9.17) is 0 Å². The molecule has 0 atom stereocenters. The summed E-state index contributed by atoms with van der Waals surface area (Å²) in [4.78, 5) is 0. The molecule has 0 spiro atoms. The summed E-state index contributed by atoms with van der Waals surface area (Å²) >= 11 is 3.60. The molecular formula is C20H12I2O8. The molecule has 0 aliphatic heterocycles. The molecule has 0 amide bonds. The molecule has 4 rings (SSSR count). The van der Waals surface area contributed by atoms with Crippen LogP contribution in [0.2, 0.25) is 0 Å². The number of fused-ring (bicyclic) bond motifs is 2. The van der Waals surface area contributed by atoms with E-state index in [1.165, 1.54) is 12.1 Å². The second-order valence-corrected chi connectivity index (χ2v) is 8.86. The molecular weight excluding hydrogens is 622 g/mol. The lowest BCUT2D eigenvalue weighted by atomic mass is 9.90. The molecule has 8 N–H and O–H groups in total. The Kier molecular flexibility index (Phi) is 4.73. The molecule has 0 bridgehead atoms. The van der Waals surface area contributed by atoms with Crippen molar-refractivity contribution in [1.29, 1.82) is 0 Å². The van der Waals surface area contributed by atoms with Crippen LogP contribution in [0.25, 0.3) is 32.7 Å². The van der Waals surface area contributed by atoms with Crippen LogP contribution in [-0.4, -0.2) is 40.9 Å². The molecule has 4 aromatic rings. The molecule has 4 aromatic carbocycles. The molecule has 0 aliphatic rings. The molecule has 0 unspecified atom stereocenters. The highest BCUT2D eigenvalue weighted by Gasteiger charge is 2.27. The van der Waals surface area contributed by atoms with Crippen LogP contribution < -0.4 is 0 Å². The lowest BCUT2D eigenvalue weighted by Gasteiger charge is -2.19. The summed E-state index contributed by atoms with van der Waals surface area (Å²) in [5.74, 6) is -4.09. The van der Waals surface area contributed by atoms with Crippen molar-refractivity contribution in [3.63, 3.8) is 0 Å². The normalized spacial score (nSPS) is 11.4. The van der Waals surface area contributed by atoms with E-state index in [0.29, 0.717) is 7.14 Å². The second-order valence-electron chi connectivity index (χ2n) is 6.53. The summed E-state index contributed by atoms with van der Waals surface area (Å²) in [5.41, 5.74) is -0.310. The van der Waals surface area contributed by atoms with E-state index in [0.717, 1.165) is 12.1 Å². The standard InChI is InChI=1S/C20H12I2O8/c21-5-1-7(23)17(15-9(25)3-11(27)19(29)13(5)15)18-8(24)2-6(22)14-16(18)10(26)4-12(28)20(14)30/h1-4,23-30H. The van der Waals surface area contributed by atoms with Crippen molar-refractivity contribution in [2.75, 3.05) is 0 Å². The van der Waals surface area contributed by atoms with E-state index in [1.807, 2.05) is 0 Å². The third kappa shape index (κ3) is 2.77. The number of halogens is 2. The van der Waals surface area contributed by atoms with Crippen molar-refractivity contribution in [3.8, 4) is 57.1 Å². The zero-order valence-corrected chi connectivity index (χ0v) is 19.0. The first-order chi connectivity index (χ1) is 14.0. The van der Waals surface area contributed by atoms with Crippen LogP contribution in [0.5, 0.6) is 46.0 Å². The van der Waals surface area contributed by atoms with Gasteiger partial charge < -0.3 is 40.9 Å². The molecule has 0 saturated carbocycles. The second kappa shape index (κ2) is 6.91. The quantitative estimate of drug-likeness (QED) is 0.0863. The van der Waals surface area contributed by atoms with Gasteiger partial charge in [0.1, 0.15) is 23.0 Å². The van der Waals surface area contributed by atoms with Crippen molar-refractivity contribution < 1.29 is 40.9 Å². The fourth-order valence-corrected chi connectivity index (χ4v) is 5.19. The Hall–Kier alpha value is -2.74. The molecule has 10 heteroatoms. The van der Waals surface area contributed by atoms with Gasteiger partial charge in [-0.25, -0.2) is 0 Å². The molecule has 0 saturated heterocycles. The maximum atomic E-state index is 10.7. The maximum absolute atomic E-state index is 10.7. The van der Waals surface area contributed by atoms with Gasteiger partial charge in [-0.05, 0) is 57.3 Å². The number of benzene rings is 4. The third-order valence-electron chi connectivity index (χ3n) is 4.78. The van der Waals surface area contributed by atoms with Gasteiger partial charge in [-0.1, -0.05) is 0 Å². The van der Waals surface area contributed by atoms with Gasteiger partial charge in [-0.15, -0.1) is 0 Å². The average molecular weight is 634 g/mol. The van der Waals surface area contributed by atoms with Crippen LogP contribution in [0.4, 0.5) is 0 Å². The predicted molar refractivity (Wildman–Crippen MR) is 126 cm³/mol. The smallest absolute Gasteiger partial charge is 0.166 e. The summed E-state index contributed by atoms with van der Waals surface area (Å²) in [6.07, 6.45) is 0. The number of phenols is 8. The lowest BCUT2D eigenvalue weighted by Crippen LogP contribution is -1.92. The molecule has 0 aromatic heterocycles. The Balaban J connectivity index is 2.34. The van der Waals surface area contributed by atoms with E-state index in [1.54, 1.807) is 45.2 Å². The summed E-state index contributed by atoms with van der Waals surface area (Å²) < 4.78 is 0.596. The largest absolute Gasteiger partial charge is 0.507 e. The minimum absolute atomic E-state index is 0.00879. The molecule has 0 aliphatic carbocycles. The Bertz CT molecular complexity index is 1290. The van der Waals surface area contributed by atoms with Gasteiger partial charge in [-0.3, -0.25) is 0 Å². The van der Waals surface area contributed by atoms with Gasteiger partial charge in [0, 0.05) is 51.9 Å². The SMILES string of the molecule is Oc1cc(O)c2c(-c3c(O)cc(I)c4c(O)c(O)cc(O)c34)c(O)cc(I)c2c1O. The van der Waals surface area contributed by atoms with Gasteiger partial charge in [0.15, 0.2) is 23.0 Å². The van der Waals surface area contributed by atoms with Crippen molar-refractivity contribution in [3.05, 3.63) is 31.4 Å². The zero-order valence-electron chi connectivity index (χ0n) is 14.6. The number of aromatic hydroxyl groups is 8. The topological polar surface area (TPSA) is 162 Å². The van der Waals surface area contributed by atoms with Gasteiger partial charge in [-0.2, -0.15) is 0 Å². The predicted octanol–water partition coefficient (Wildman–Crippen LogP) is 4.51. The highest BCUT2D eigenvalue weighted by Crippen LogP contribution is 2.55. The average Bonchev–Trinajstić information content (AvgIpc) is 2.64. The number of phenolic OH excluding ortho intramolecular Hbond substituents is 8. The third-order valence-corrected chi connectivity index (χ3v) is 6.49. The van der Waals surface area contributed by atoms with Crippen molar-refractivity contribution in [1.82, 2.24) is 0 Å². The van der Waals surface area contributed by atoms with E-state index in [-0.39, 0.29) is 32.7 Å².